The zero-order valence-electron chi connectivity index (χ0n) is 78.7. The third-order valence-electron chi connectivity index (χ3n) is 22.0. The number of allylic oxidation sites excluding steroid dienone is 14. The number of aliphatic hydroxyl groups excluding tert-OH is 1. The number of hydrogen-bond donors (Lipinski definition) is 1. The minimum absolute atomic E-state index is 0.0287. The van der Waals surface area contributed by atoms with E-state index >= 15 is 0 Å². The molecule has 0 aromatic carbocycles. The van der Waals surface area contributed by atoms with E-state index in [1.807, 2.05) is 34.6 Å². The normalized spacial score (nSPS) is 30.2. The van der Waals surface area contributed by atoms with Crippen LogP contribution < -0.4 is 0 Å². The zero-order chi connectivity index (χ0) is 84.7. The first kappa shape index (κ1) is 111. The van der Waals surface area contributed by atoms with E-state index in [-0.39, 0.29) is 36.6 Å². The van der Waals surface area contributed by atoms with Crippen molar-refractivity contribution < 1.29 is 52.5 Å². The Morgan fingerprint density at radius 1 is 0.304 bits per heavy atom. The molecule has 1 N–H and O–H groups in total. The monoisotopic (exact) mass is 1580 g/mol. The van der Waals surface area contributed by atoms with Crippen LogP contribution in [0, 0.1) is 29.6 Å². The van der Waals surface area contributed by atoms with E-state index in [4.69, 9.17) is 42.6 Å². The lowest BCUT2D eigenvalue weighted by atomic mass is 9.98. The predicted octanol–water partition coefficient (Wildman–Crippen LogP) is 26.9. The van der Waals surface area contributed by atoms with Crippen molar-refractivity contribution in [3.63, 3.8) is 0 Å². The van der Waals surface area contributed by atoms with Crippen LogP contribution in [0.2, 0.25) is 0 Å². The summed E-state index contributed by atoms with van der Waals surface area (Å²) in [6.45, 7) is 67.3. The topological polar surface area (TPSA) is 127 Å². The second-order valence-corrected chi connectivity index (χ2v) is 34.1. The Hall–Kier alpha value is -2.95. The lowest BCUT2D eigenvalue weighted by Gasteiger charge is -2.22. The van der Waals surface area contributed by atoms with Gasteiger partial charge in [0, 0.05) is 12.8 Å². The van der Waals surface area contributed by atoms with E-state index in [1.165, 1.54) is 136 Å². The molecule has 21 atom stereocenters. The fourth-order valence-corrected chi connectivity index (χ4v) is 15.6. The van der Waals surface area contributed by atoms with Gasteiger partial charge in [-0.15, -0.1) is 0 Å². The van der Waals surface area contributed by atoms with Crippen LogP contribution in [0.25, 0.3) is 0 Å². The van der Waals surface area contributed by atoms with Gasteiger partial charge >= 0.3 is 6.16 Å². The van der Waals surface area contributed by atoms with Crippen molar-refractivity contribution in [2.24, 2.45) is 29.6 Å². The van der Waals surface area contributed by atoms with Gasteiger partial charge in [-0.2, -0.15) is 0 Å². The molecule has 13 heteroatoms. The summed E-state index contributed by atoms with van der Waals surface area (Å²) in [5, 5.41) is 9.57. The van der Waals surface area contributed by atoms with Crippen molar-refractivity contribution in [3.05, 3.63) is 85.1 Å². The molecule has 7 saturated heterocycles. The highest BCUT2D eigenvalue weighted by Gasteiger charge is 2.37. The van der Waals surface area contributed by atoms with Gasteiger partial charge in [0.1, 0.15) is 11.7 Å². The molecule has 0 bridgehead atoms. The van der Waals surface area contributed by atoms with Crippen LogP contribution in [-0.4, -0.2) is 164 Å². The van der Waals surface area contributed by atoms with Crippen LogP contribution in [0.3, 0.4) is 0 Å². The van der Waals surface area contributed by atoms with Gasteiger partial charge in [-0.3, -0.25) is 0 Å². The maximum absolute atomic E-state index is 11.7. The molecule has 0 saturated carbocycles. The highest BCUT2D eigenvalue weighted by molar-refractivity contribution is 5.60. The Morgan fingerprint density at radius 2 is 0.500 bits per heavy atom. The number of aliphatic hydroxyl groups is 1. The van der Waals surface area contributed by atoms with E-state index in [0.717, 1.165) is 113 Å². The average Bonchev–Trinajstić information content (AvgIpc) is 1.73. The van der Waals surface area contributed by atoms with Crippen LogP contribution in [-0.2, 0) is 42.6 Å². The molecule has 13 nitrogen and oxygen atoms in total. The summed E-state index contributed by atoms with van der Waals surface area (Å²) in [6, 6.07) is 0. The molecule has 0 aromatic heterocycles. The first-order chi connectivity index (χ1) is 53.4. The Bertz CT molecular complexity index is 2020. The Balaban J connectivity index is 0. The molecule has 0 aliphatic carbocycles. The summed E-state index contributed by atoms with van der Waals surface area (Å²) < 4.78 is 51.1. The van der Waals surface area contributed by atoms with Gasteiger partial charge in [0.25, 0.3) is 0 Å². The summed E-state index contributed by atoms with van der Waals surface area (Å²) in [5.74, 6) is 3.77. The number of carbonyl (C=O) groups is 1. The molecule has 0 amide bonds. The van der Waals surface area contributed by atoms with Gasteiger partial charge in [0.15, 0.2) is 0 Å². The van der Waals surface area contributed by atoms with Crippen LogP contribution in [0.4, 0.5) is 4.79 Å². The largest absolute Gasteiger partial charge is 0.509 e. The van der Waals surface area contributed by atoms with Crippen molar-refractivity contribution in [2.45, 2.75) is 477 Å². The Kier molecular flexibility index (Phi) is 70.4. The molecule has 0 unspecified atom stereocenters. The van der Waals surface area contributed by atoms with E-state index in [2.05, 4.69) is 254 Å². The second-order valence-electron chi connectivity index (χ2n) is 34.1. The van der Waals surface area contributed by atoms with Crippen molar-refractivity contribution in [1.82, 2.24) is 9.80 Å². The SMILES string of the molecule is CC/C=C\CC[C@@H]1O[C@H](C)C[C@@H]1C.CC/C=C\CC[C@@H]1O[C@H](C)C[C@@H]1C.CC/C=C\CC[C@@H]1O[C@H](C)C[C@@H]1C.CC/C=C\CC[C@@H]1O[C@H](C)C[C@@H]1O.CC/C=C\CC[C@@H]1O[C@H](C)C[C@H]1C.CC/C=C\CC[C@@H]1O[C@H](C)C[C@H]1C.CC/C=C\CC[C@@H]1O[C@H](C)C[C@H]1OC(=O)OC(C)(C)C.CCN(CC)CC.CCN(CC)CC. The molecule has 0 spiro atoms. The molecular weight excluding hydrogens is 1390 g/mol. The molecular formula is C99H188N2O11. The van der Waals surface area contributed by atoms with Crippen molar-refractivity contribution >= 4 is 6.16 Å². The first-order valence-electron chi connectivity index (χ1n) is 46.6. The lowest BCUT2D eigenvalue weighted by Crippen LogP contribution is -2.31. The fraction of sp³-hybridized carbons (Fsp3) is 0.848. The number of hydrogen-bond acceptors (Lipinski definition) is 13. The smallest absolute Gasteiger partial charge is 0.429 e. The van der Waals surface area contributed by atoms with E-state index in [9.17, 15) is 9.90 Å². The molecule has 7 heterocycles. The second kappa shape index (κ2) is 71.0. The first-order valence-corrected chi connectivity index (χ1v) is 46.6. The van der Waals surface area contributed by atoms with E-state index in [1.54, 1.807) is 0 Å². The van der Waals surface area contributed by atoms with Crippen LogP contribution in [0.1, 0.15) is 374 Å². The van der Waals surface area contributed by atoms with Crippen LogP contribution in [0.5, 0.6) is 0 Å². The highest BCUT2D eigenvalue weighted by Crippen LogP contribution is 2.34. The molecule has 7 aliphatic heterocycles. The molecule has 7 fully saturated rings. The summed E-state index contributed by atoms with van der Waals surface area (Å²) in [6.07, 6.45) is 66.7. The lowest BCUT2D eigenvalue weighted by molar-refractivity contribution is -0.0485. The fourth-order valence-electron chi connectivity index (χ4n) is 15.6. The van der Waals surface area contributed by atoms with Gasteiger partial charge in [-0.25, -0.2) is 4.79 Å². The summed E-state index contributed by atoms with van der Waals surface area (Å²) in [4.78, 5) is 16.5. The minimum Gasteiger partial charge on any atom is -0.429 e. The van der Waals surface area contributed by atoms with Gasteiger partial charge in [0.2, 0.25) is 0 Å². The van der Waals surface area contributed by atoms with Gasteiger partial charge < -0.3 is 57.5 Å². The van der Waals surface area contributed by atoms with Crippen molar-refractivity contribution in [1.29, 1.82) is 0 Å². The molecule has 0 radical (unpaired) electrons. The summed E-state index contributed by atoms with van der Waals surface area (Å²) in [7, 11) is 0. The quantitative estimate of drug-likeness (QED) is 0.0478. The number of rotatable bonds is 35. The maximum Gasteiger partial charge on any atom is 0.509 e. The number of ether oxygens (including phenoxy) is 9. The van der Waals surface area contributed by atoms with Crippen molar-refractivity contribution in [2.75, 3.05) is 39.3 Å². The molecule has 7 aliphatic rings. The summed E-state index contributed by atoms with van der Waals surface area (Å²) in [5.41, 5.74) is -0.526. The number of nitrogens with zero attached hydrogens (tertiary/aromatic N) is 2. The minimum atomic E-state index is -0.602. The highest BCUT2D eigenvalue weighted by atomic mass is 16.7. The third-order valence-corrected chi connectivity index (χ3v) is 22.0. The Labute approximate surface area is 695 Å². The van der Waals surface area contributed by atoms with Crippen LogP contribution in [0.15, 0.2) is 85.1 Å². The summed E-state index contributed by atoms with van der Waals surface area (Å²) >= 11 is 0. The standard InChI is InChI=1S/C16H28O4.5C12H22O.C11H20O2.2C6H15N/c1-6-7-8-9-10-13-14(11-12(2)18-13)19-15(17)20-16(3,4)5;5*1-4-5-6-7-8-12-10(2)9-11(3)13-12;1-3-4-5-6-7-11-10(12)8-9(2)13-11;2*1-4-7(5-2)6-3/h7-8,12-14H,6,9-11H2,1-5H3;5*5-6,10-12H,4,7-9H2,1-3H3;4-5,9-12H,3,6-8H2,1-2H3;2*4-6H2,1-3H3/b8-7-;5*6-5-;5-4-;;/t12-,13+,14-;3*10-,11+,12-;2*10-,11-,12+;9-,10+,11+;;/m1000111../s1. The van der Waals surface area contributed by atoms with Gasteiger partial charge in [0.05, 0.1) is 91.6 Å². The van der Waals surface area contributed by atoms with Crippen molar-refractivity contribution in [3.8, 4) is 0 Å². The molecule has 0 aromatic rings. The van der Waals surface area contributed by atoms with Gasteiger partial charge in [-0.1, -0.05) is 210 Å². The predicted molar refractivity (Wildman–Crippen MR) is 483 cm³/mol. The zero-order valence-corrected chi connectivity index (χ0v) is 78.7. The van der Waals surface area contributed by atoms with E-state index in [0.29, 0.717) is 61.0 Å². The third kappa shape index (κ3) is 58.0. The number of carbonyl (C=O) groups excluding carboxylic acids is 1. The molecule has 112 heavy (non-hydrogen) atoms. The van der Waals surface area contributed by atoms with Gasteiger partial charge in [-0.05, 0) is 305 Å². The molecule has 660 valence electrons. The Morgan fingerprint density at radius 3 is 0.679 bits per heavy atom. The van der Waals surface area contributed by atoms with Crippen LogP contribution >= 0.6 is 0 Å². The van der Waals surface area contributed by atoms with E-state index < -0.39 is 11.8 Å². The maximum atomic E-state index is 11.7. The average molecular weight is 1580 g/mol. The molecule has 7 rings (SSSR count).